The number of hydrogen-bond acceptors (Lipinski definition) is 3. The van der Waals surface area contributed by atoms with Crippen LogP contribution < -0.4 is 10.6 Å². The molecule has 0 radical (unpaired) electrons. The second kappa shape index (κ2) is 7.79. The van der Waals surface area contributed by atoms with Crippen LogP contribution in [0.4, 0.5) is 10.5 Å². The Morgan fingerprint density at radius 1 is 1.35 bits per heavy atom. The van der Waals surface area contributed by atoms with Gasteiger partial charge in [-0.1, -0.05) is 17.7 Å². The van der Waals surface area contributed by atoms with Crippen LogP contribution in [0.2, 0.25) is 0 Å². The maximum atomic E-state index is 11.8. The fourth-order valence-corrected chi connectivity index (χ4v) is 2.23. The van der Waals surface area contributed by atoms with Crippen molar-refractivity contribution in [2.24, 2.45) is 0 Å². The molecule has 1 aromatic rings. The van der Waals surface area contributed by atoms with Gasteiger partial charge in [0.05, 0.1) is 0 Å². The van der Waals surface area contributed by atoms with Crippen LogP contribution in [-0.2, 0) is 4.79 Å². The molecule has 20 heavy (non-hydrogen) atoms. The lowest BCUT2D eigenvalue weighted by molar-refractivity contribution is -0.139. The minimum Gasteiger partial charge on any atom is -0.480 e. The molecule has 0 bridgehead atoms. The number of amides is 2. The van der Waals surface area contributed by atoms with Crippen LogP contribution in [0.3, 0.4) is 0 Å². The molecule has 0 unspecified atom stereocenters. The number of carboxylic acid groups (broad SMARTS) is 1. The molecule has 0 aliphatic heterocycles. The number of carboxylic acids is 1. The summed E-state index contributed by atoms with van der Waals surface area (Å²) < 4.78 is 0. The van der Waals surface area contributed by atoms with E-state index in [9.17, 15) is 9.59 Å². The van der Waals surface area contributed by atoms with Gasteiger partial charge in [-0.25, -0.2) is 9.59 Å². The zero-order chi connectivity index (χ0) is 15.1. The first kappa shape index (κ1) is 16.4. The summed E-state index contributed by atoms with van der Waals surface area (Å²) in [5.74, 6) is -0.337. The van der Waals surface area contributed by atoms with Gasteiger partial charge in [-0.2, -0.15) is 11.8 Å². The maximum absolute atomic E-state index is 11.8. The van der Waals surface area contributed by atoms with Gasteiger partial charge >= 0.3 is 12.0 Å². The zero-order valence-electron chi connectivity index (χ0n) is 11.9. The highest BCUT2D eigenvalue weighted by Gasteiger charge is 2.19. The number of carbonyl (C=O) groups is 2. The van der Waals surface area contributed by atoms with Crippen LogP contribution >= 0.6 is 11.8 Å². The van der Waals surface area contributed by atoms with E-state index >= 15 is 0 Å². The minimum atomic E-state index is -1.02. The summed E-state index contributed by atoms with van der Waals surface area (Å²) in [5.41, 5.74) is 2.73. The van der Waals surface area contributed by atoms with Crippen molar-refractivity contribution in [2.75, 3.05) is 17.3 Å². The van der Waals surface area contributed by atoms with Crippen LogP contribution in [-0.4, -0.2) is 35.2 Å². The molecule has 0 aliphatic carbocycles. The van der Waals surface area contributed by atoms with Gasteiger partial charge in [0.1, 0.15) is 6.04 Å². The Morgan fingerprint density at radius 3 is 2.60 bits per heavy atom. The molecule has 0 saturated carbocycles. The molecule has 3 N–H and O–H groups in total. The normalized spacial score (nSPS) is 11.8. The lowest BCUT2D eigenvalue weighted by Gasteiger charge is -2.15. The summed E-state index contributed by atoms with van der Waals surface area (Å²) in [5, 5.41) is 14.2. The van der Waals surface area contributed by atoms with E-state index in [0.29, 0.717) is 17.9 Å². The predicted molar refractivity (Wildman–Crippen MR) is 82.5 cm³/mol. The number of thioether (sulfide) groups is 1. The summed E-state index contributed by atoms with van der Waals surface area (Å²) >= 11 is 1.55. The van der Waals surface area contributed by atoms with Gasteiger partial charge in [0.2, 0.25) is 0 Å². The standard InChI is InChI=1S/C14H20N2O3S/c1-9-4-5-11(10(2)8-9)15-14(19)16-12(13(17)18)6-7-20-3/h4-5,8,12H,6-7H2,1-3H3,(H,17,18)(H2,15,16,19)/t12-/m0/s1. The molecular weight excluding hydrogens is 276 g/mol. The van der Waals surface area contributed by atoms with Gasteiger partial charge in [-0.05, 0) is 43.9 Å². The molecule has 0 heterocycles. The number of hydrogen-bond donors (Lipinski definition) is 3. The van der Waals surface area contributed by atoms with Crippen LogP contribution in [0.15, 0.2) is 18.2 Å². The van der Waals surface area contributed by atoms with Crippen LogP contribution in [0.5, 0.6) is 0 Å². The average Bonchev–Trinajstić information content (AvgIpc) is 2.37. The molecule has 0 saturated heterocycles. The Balaban J connectivity index is 2.63. The molecule has 6 heteroatoms. The topological polar surface area (TPSA) is 78.4 Å². The molecule has 5 nitrogen and oxygen atoms in total. The molecule has 1 rings (SSSR count). The molecule has 1 atom stereocenters. The first-order valence-electron chi connectivity index (χ1n) is 6.30. The molecule has 0 spiro atoms. The monoisotopic (exact) mass is 296 g/mol. The van der Waals surface area contributed by atoms with E-state index in [-0.39, 0.29) is 0 Å². The molecule has 0 aliphatic rings. The quantitative estimate of drug-likeness (QED) is 0.754. The lowest BCUT2D eigenvalue weighted by atomic mass is 10.1. The third kappa shape index (κ3) is 5.13. The lowest BCUT2D eigenvalue weighted by Crippen LogP contribution is -2.43. The smallest absolute Gasteiger partial charge is 0.326 e. The number of benzene rings is 1. The number of carbonyl (C=O) groups excluding carboxylic acids is 1. The Morgan fingerprint density at radius 2 is 2.05 bits per heavy atom. The van der Waals surface area contributed by atoms with Crippen molar-refractivity contribution >= 4 is 29.4 Å². The van der Waals surface area contributed by atoms with Crippen molar-refractivity contribution in [3.05, 3.63) is 29.3 Å². The van der Waals surface area contributed by atoms with E-state index in [1.807, 2.05) is 38.3 Å². The molecular formula is C14H20N2O3S. The maximum Gasteiger partial charge on any atom is 0.326 e. The van der Waals surface area contributed by atoms with E-state index in [1.165, 1.54) is 0 Å². The number of anilines is 1. The van der Waals surface area contributed by atoms with Gasteiger partial charge in [-0.15, -0.1) is 0 Å². The SMILES string of the molecule is CSCC[C@H](NC(=O)Nc1ccc(C)cc1C)C(=O)O. The number of urea groups is 1. The van der Waals surface area contributed by atoms with Gasteiger partial charge in [-0.3, -0.25) is 0 Å². The van der Waals surface area contributed by atoms with E-state index < -0.39 is 18.0 Å². The van der Waals surface area contributed by atoms with Crippen molar-refractivity contribution in [2.45, 2.75) is 26.3 Å². The summed E-state index contributed by atoms with van der Waals surface area (Å²) in [4.78, 5) is 22.9. The Hall–Kier alpha value is -1.69. The van der Waals surface area contributed by atoms with E-state index in [1.54, 1.807) is 11.8 Å². The Bertz CT molecular complexity index is 491. The molecule has 0 aromatic heterocycles. The second-order valence-corrected chi connectivity index (χ2v) is 5.57. The highest BCUT2D eigenvalue weighted by atomic mass is 32.2. The summed E-state index contributed by atoms with van der Waals surface area (Å²) in [7, 11) is 0. The van der Waals surface area contributed by atoms with Crippen molar-refractivity contribution in [3.63, 3.8) is 0 Å². The summed E-state index contributed by atoms with van der Waals surface area (Å²) in [6.45, 7) is 3.87. The molecule has 0 fully saturated rings. The van der Waals surface area contributed by atoms with Crippen molar-refractivity contribution in [1.82, 2.24) is 5.32 Å². The van der Waals surface area contributed by atoms with Crippen LogP contribution in [0.25, 0.3) is 0 Å². The third-order valence-corrected chi connectivity index (χ3v) is 3.49. The molecule has 110 valence electrons. The fraction of sp³-hybridized carbons (Fsp3) is 0.429. The van der Waals surface area contributed by atoms with E-state index in [0.717, 1.165) is 11.1 Å². The van der Waals surface area contributed by atoms with Gasteiger partial charge < -0.3 is 15.7 Å². The first-order valence-corrected chi connectivity index (χ1v) is 7.70. The molecule has 1 aromatic carbocycles. The predicted octanol–water partition coefficient (Wildman–Crippen LogP) is 2.63. The number of rotatable bonds is 6. The second-order valence-electron chi connectivity index (χ2n) is 4.59. The first-order chi connectivity index (χ1) is 9.43. The Kier molecular flexibility index (Phi) is 6.38. The highest BCUT2D eigenvalue weighted by molar-refractivity contribution is 7.98. The zero-order valence-corrected chi connectivity index (χ0v) is 12.7. The largest absolute Gasteiger partial charge is 0.480 e. The highest BCUT2D eigenvalue weighted by Crippen LogP contribution is 2.15. The number of nitrogens with one attached hydrogen (secondary N) is 2. The van der Waals surface area contributed by atoms with Crippen molar-refractivity contribution < 1.29 is 14.7 Å². The number of aliphatic carboxylic acids is 1. The van der Waals surface area contributed by atoms with E-state index in [2.05, 4.69) is 10.6 Å². The minimum absolute atomic E-state index is 0.400. The van der Waals surface area contributed by atoms with Crippen LogP contribution in [0, 0.1) is 13.8 Å². The average molecular weight is 296 g/mol. The fourth-order valence-electron chi connectivity index (χ4n) is 1.76. The van der Waals surface area contributed by atoms with Gasteiger partial charge in [0.15, 0.2) is 0 Å². The third-order valence-electron chi connectivity index (χ3n) is 2.84. The summed E-state index contributed by atoms with van der Waals surface area (Å²) in [6, 6.07) is 4.30. The Labute approximate surface area is 123 Å². The van der Waals surface area contributed by atoms with Crippen LogP contribution in [0.1, 0.15) is 17.5 Å². The van der Waals surface area contributed by atoms with E-state index in [4.69, 9.17) is 5.11 Å². The summed E-state index contributed by atoms with van der Waals surface area (Å²) in [6.07, 6.45) is 2.30. The van der Waals surface area contributed by atoms with Gasteiger partial charge in [0.25, 0.3) is 0 Å². The molecule has 2 amide bonds. The van der Waals surface area contributed by atoms with Crippen molar-refractivity contribution in [3.8, 4) is 0 Å². The van der Waals surface area contributed by atoms with Crippen molar-refractivity contribution in [1.29, 1.82) is 0 Å². The van der Waals surface area contributed by atoms with Gasteiger partial charge in [0, 0.05) is 5.69 Å². The number of aryl methyl sites for hydroxylation is 2.